The number of phenols is 2. The number of aromatic hydroxyl groups is 2. The molecule has 0 bridgehead atoms. The minimum Gasteiger partial charge on any atom is -0.504 e. The zero-order valence-corrected chi connectivity index (χ0v) is 10.7. The lowest BCUT2D eigenvalue weighted by atomic mass is 10.0. The maximum atomic E-state index is 9.90. The van der Waals surface area contributed by atoms with Crippen LogP contribution in [0.5, 0.6) is 11.5 Å². The minimum atomic E-state index is -0.0675. The van der Waals surface area contributed by atoms with Crippen molar-refractivity contribution in [3.63, 3.8) is 0 Å². The summed E-state index contributed by atoms with van der Waals surface area (Å²) in [6.45, 7) is 0. The number of hydrogen-bond donors (Lipinski definition) is 2. The summed E-state index contributed by atoms with van der Waals surface area (Å²) >= 11 is 1.44. The quantitative estimate of drug-likeness (QED) is 0.391. The summed E-state index contributed by atoms with van der Waals surface area (Å²) in [6.07, 6.45) is 1.89. The van der Waals surface area contributed by atoms with E-state index in [9.17, 15) is 10.2 Å². The molecule has 0 spiro atoms. The van der Waals surface area contributed by atoms with Gasteiger partial charge in [0.25, 0.3) is 0 Å². The number of thioether (sulfide) groups is 1. The predicted octanol–water partition coefficient (Wildman–Crippen LogP) is 4.13. The second kappa shape index (κ2) is 4.10. The van der Waals surface area contributed by atoms with Gasteiger partial charge in [-0.05, 0) is 46.0 Å². The highest BCUT2D eigenvalue weighted by atomic mass is 32.2. The summed E-state index contributed by atoms with van der Waals surface area (Å²) < 4.78 is 0. The average Bonchev–Trinajstić information content (AvgIpc) is 2.38. The Kier molecular flexibility index (Phi) is 2.56. The Hall–Kier alpha value is -1.87. The summed E-state index contributed by atoms with van der Waals surface area (Å²) in [6, 6.07) is 13.8. The van der Waals surface area contributed by atoms with Crippen molar-refractivity contribution in [1.29, 1.82) is 0 Å². The fourth-order valence-electron chi connectivity index (χ4n) is 2.24. The average molecular weight is 256 g/mol. The standard InChI is InChI=1S/C15H12O2S/c1-18-15-12-7-10-5-3-2-4-9(10)6-11(12)8-13(16)14(15)17/h2-8,16-17H,1H3. The van der Waals surface area contributed by atoms with Crippen LogP contribution in [0, 0.1) is 0 Å². The Morgan fingerprint density at radius 2 is 1.56 bits per heavy atom. The van der Waals surface area contributed by atoms with E-state index in [0.717, 1.165) is 26.4 Å². The van der Waals surface area contributed by atoms with Crippen LogP contribution < -0.4 is 0 Å². The molecule has 0 heterocycles. The van der Waals surface area contributed by atoms with E-state index < -0.39 is 0 Å². The van der Waals surface area contributed by atoms with Gasteiger partial charge in [-0.2, -0.15) is 0 Å². The van der Waals surface area contributed by atoms with Gasteiger partial charge in [0.2, 0.25) is 0 Å². The van der Waals surface area contributed by atoms with Gasteiger partial charge in [0.05, 0.1) is 4.90 Å². The lowest BCUT2D eigenvalue weighted by Crippen LogP contribution is -1.82. The summed E-state index contributed by atoms with van der Waals surface area (Å²) in [5, 5.41) is 23.8. The van der Waals surface area contributed by atoms with Gasteiger partial charge in [0, 0.05) is 0 Å². The van der Waals surface area contributed by atoms with Crippen LogP contribution in [-0.2, 0) is 0 Å². The first-order valence-corrected chi connectivity index (χ1v) is 6.84. The van der Waals surface area contributed by atoms with Gasteiger partial charge < -0.3 is 10.2 Å². The molecule has 0 aliphatic carbocycles. The summed E-state index contributed by atoms with van der Waals surface area (Å²) in [5.74, 6) is -0.104. The zero-order valence-electron chi connectivity index (χ0n) is 9.84. The maximum Gasteiger partial charge on any atom is 0.171 e. The van der Waals surface area contributed by atoms with E-state index in [0.29, 0.717) is 0 Å². The molecule has 3 rings (SSSR count). The second-order valence-corrected chi connectivity index (χ2v) is 5.01. The van der Waals surface area contributed by atoms with Crippen LogP contribution in [0.15, 0.2) is 47.4 Å². The molecule has 0 unspecified atom stereocenters. The number of phenolic OH excluding ortho intramolecular Hbond substituents is 2. The van der Waals surface area contributed by atoms with Gasteiger partial charge in [0.1, 0.15) is 0 Å². The molecule has 0 saturated carbocycles. The largest absolute Gasteiger partial charge is 0.504 e. The van der Waals surface area contributed by atoms with Gasteiger partial charge in [0.15, 0.2) is 11.5 Å². The Morgan fingerprint density at radius 3 is 2.22 bits per heavy atom. The molecule has 2 N–H and O–H groups in total. The molecule has 3 heteroatoms. The molecule has 90 valence electrons. The molecule has 0 saturated heterocycles. The SMILES string of the molecule is CSc1c(O)c(O)cc2cc3ccccc3cc12. The first-order valence-electron chi connectivity index (χ1n) is 5.62. The third-order valence-electron chi connectivity index (χ3n) is 3.12. The molecule has 3 aromatic rings. The first-order chi connectivity index (χ1) is 8.70. The van der Waals surface area contributed by atoms with E-state index in [1.807, 2.05) is 36.6 Å². The van der Waals surface area contributed by atoms with Crippen molar-refractivity contribution in [3.8, 4) is 11.5 Å². The second-order valence-electron chi connectivity index (χ2n) is 4.20. The highest BCUT2D eigenvalue weighted by Crippen LogP contribution is 2.42. The molecule has 0 aliphatic heterocycles. The Morgan fingerprint density at radius 1 is 0.889 bits per heavy atom. The van der Waals surface area contributed by atoms with Crippen LogP contribution >= 0.6 is 11.8 Å². The molecule has 3 aromatic carbocycles. The van der Waals surface area contributed by atoms with E-state index in [1.165, 1.54) is 11.8 Å². The minimum absolute atomic E-state index is 0.0368. The fraction of sp³-hybridized carbons (Fsp3) is 0.0667. The fourth-order valence-corrected chi connectivity index (χ4v) is 2.93. The smallest absolute Gasteiger partial charge is 0.171 e. The van der Waals surface area contributed by atoms with Crippen molar-refractivity contribution < 1.29 is 10.2 Å². The molecule has 18 heavy (non-hydrogen) atoms. The van der Waals surface area contributed by atoms with Gasteiger partial charge in [-0.15, -0.1) is 11.8 Å². The summed E-state index contributed by atoms with van der Waals surface area (Å²) in [7, 11) is 0. The molecule has 0 aliphatic rings. The molecular weight excluding hydrogens is 244 g/mol. The molecule has 0 amide bonds. The third kappa shape index (κ3) is 1.59. The number of benzene rings is 3. The van der Waals surface area contributed by atoms with Crippen molar-refractivity contribution in [2.45, 2.75) is 4.90 Å². The van der Waals surface area contributed by atoms with Crippen molar-refractivity contribution in [2.75, 3.05) is 6.26 Å². The van der Waals surface area contributed by atoms with Crippen LogP contribution in [0.2, 0.25) is 0 Å². The maximum absolute atomic E-state index is 9.90. The molecule has 0 aromatic heterocycles. The highest BCUT2D eigenvalue weighted by molar-refractivity contribution is 7.99. The van der Waals surface area contributed by atoms with Crippen molar-refractivity contribution in [2.24, 2.45) is 0 Å². The zero-order chi connectivity index (χ0) is 12.7. The summed E-state index contributed by atoms with van der Waals surface area (Å²) in [5.41, 5.74) is 0. The molecule has 0 radical (unpaired) electrons. The van der Waals surface area contributed by atoms with Gasteiger partial charge in [-0.1, -0.05) is 24.3 Å². The Bertz CT molecular complexity index is 750. The van der Waals surface area contributed by atoms with Gasteiger partial charge in [-0.3, -0.25) is 0 Å². The third-order valence-corrected chi connectivity index (χ3v) is 3.94. The van der Waals surface area contributed by atoms with Crippen LogP contribution in [0.4, 0.5) is 0 Å². The van der Waals surface area contributed by atoms with Crippen molar-refractivity contribution >= 4 is 33.3 Å². The molecule has 2 nitrogen and oxygen atoms in total. The first kappa shape index (κ1) is 11.2. The van der Waals surface area contributed by atoms with Crippen LogP contribution in [-0.4, -0.2) is 16.5 Å². The van der Waals surface area contributed by atoms with Crippen LogP contribution in [0.25, 0.3) is 21.5 Å². The van der Waals surface area contributed by atoms with Crippen molar-refractivity contribution in [3.05, 3.63) is 42.5 Å². The number of hydrogen-bond acceptors (Lipinski definition) is 3. The number of rotatable bonds is 1. The molecule has 0 atom stereocenters. The highest BCUT2D eigenvalue weighted by Gasteiger charge is 2.12. The van der Waals surface area contributed by atoms with Crippen LogP contribution in [0.1, 0.15) is 0 Å². The normalized spacial score (nSPS) is 11.2. The van der Waals surface area contributed by atoms with E-state index in [-0.39, 0.29) is 11.5 Å². The topological polar surface area (TPSA) is 40.5 Å². The molecule has 0 fully saturated rings. The predicted molar refractivity (Wildman–Crippen MR) is 76.6 cm³/mol. The van der Waals surface area contributed by atoms with E-state index >= 15 is 0 Å². The summed E-state index contributed by atoms with van der Waals surface area (Å²) in [4.78, 5) is 0.718. The molecular formula is C15H12O2S. The van der Waals surface area contributed by atoms with Gasteiger partial charge >= 0.3 is 0 Å². The Balaban J connectivity index is 2.50. The van der Waals surface area contributed by atoms with Crippen LogP contribution in [0.3, 0.4) is 0 Å². The van der Waals surface area contributed by atoms with Crippen molar-refractivity contribution in [1.82, 2.24) is 0 Å². The number of fused-ring (bicyclic) bond motifs is 2. The lowest BCUT2D eigenvalue weighted by molar-refractivity contribution is 0.397. The van der Waals surface area contributed by atoms with E-state index in [4.69, 9.17) is 0 Å². The van der Waals surface area contributed by atoms with E-state index in [1.54, 1.807) is 6.07 Å². The van der Waals surface area contributed by atoms with Gasteiger partial charge in [-0.25, -0.2) is 0 Å². The van der Waals surface area contributed by atoms with E-state index in [2.05, 4.69) is 6.07 Å². The monoisotopic (exact) mass is 256 g/mol. The lowest BCUT2D eigenvalue weighted by Gasteiger charge is -2.10. The Labute approximate surface area is 109 Å².